The zero-order chi connectivity index (χ0) is 19.3. The van der Waals surface area contributed by atoms with Gasteiger partial charge in [0.1, 0.15) is 5.82 Å². The zero-order valence-corrected chi connectivity index (χ0v) is 16.0. The minimum atomic E-state index is -0.271. The van der Waals surface area contributed by atoms with E-state index in [9.17, 15) is 4.39 Å². The Bertz CT molecular complexity index is 1180. The second-order valence-corrected chi connectivity index (χ2v) is 7.01. The van der Waals surface area contributed by atoms with Crippen LogP contribution in [0.4, 0.5) is 10.1 Å². The normalized spacial score (nSPS) is 12.0. The van der Waals surface area contributed by atoms with Gasteiger partial charge in [0.25, 0.3) is 0 Å². The van der Waals surface area contributed by atoms with E-state index in [-0.39, 0.29) is 5.82 Å². The van der Waals surface area contributed by atoms with E-state index >= 15 is 0 Å². The molecule has 4 rings (SSSR count). The van der Waals surface area contributed by atoms with Crippen molar-refractivity contribution in [1.29, 1.82) is 0 Å². The fraction of sp³-hybridized carbons (Fsp3) is 0.0455. The Balaban J connectivity index is 1.84. The lowest BCUT2D eigenvalue weighted by atomic mass is 10.2. The molecule has 6 heteroatoms. The van der Waals surface area contributed by atoms with Crippen LogP contribution in [0.25, 0.3) is 11.3 Å². The van der Waals surface area contributed by atoms with Crippen molar-refractivity contribution in [3.63, 3.8) is 0 Å². The molecule has 2 aromatic heterocycles. The van der Waals surface area contributed by atoms with Gasteiger partial charge in [-0.15, -0.1) is 11.3 Å². The molecule has 0 radical (unpaired) electrons. The number of thiazole rings is 1. The minimum Gasteiger partial charge on any atom is -0.255 e. The molecule has 0 unspecified atom stereocenters. The fourth-order valence-electron chi connectivity index (χ4n) is 2.68. The summed E-state index contributed by atoms with van der Waals surface area (Å²) in [6, 6.07) is 20.0. The Morgan fingerprint density at radius 3 is 2.64 bits per heavy atom. The van der Waals surface area contributed by atoms with Gasteiger partial charge in [-0.3, -0.25) is 4.98 Å². The van der Waals surface area contributed by atoms with Gasteiger partial charge in [0.05, 0.1) is 23.3 Å². The SMILES string of the molecule is Cc1cccc(N=c2scc(-c3ccc(F)cc3)n2/N=C/c2ccccn2)c1. The van der Waals surface area contributed by atoms with Gasteiger partial charge in [-0.1, -0.05) is 18.2 Å². The van der Waals surface area contributed by atoms with Crippen molar-refractivity contribution < 1.29 is 4.39 Å². The van der Waals surface area contributed by atoms with Gasteiger partial charge in [0.2, 0.25) is 4.80 Å². The van der Waals surface area contributed by atoms with Crippen LogP contribution in [0.5, 0.6) is 0 Å². The van der Waals surface area contributed by atoms with Crippen molar-refractivity contribution in [3.8, 4) is 11.3 Å². The largest absolute Gasteiger partial charge is 0.255 e. The first-order valence-corrected chi connectivity index (χ1v) is 9.60. The van der Waals surface area contributed by atoms with E-state index in [1.54, 1.807) is 29.2 Å². The van der Waals surface area contributed by atoms with Gasteiger partial charge in [0, 0.05) is 17.1 Å². The molecule has 4 aromatic rings. The molecule has 0 saturated carbocycles. The second kappa shape index (κ2) is 8.10. The molecule has 2 aromatic carbocycles. The third kappa shape index (κ3) is 4.13. The highest BCUT2D eigenvalue weighted by Crippen LogP contribution is 2.21. The van der Waals surface area contributed by atoms with Gasteiger partial charge in [-0.2, -0.15) is 5.10 Å². The number of halogens is 1. The van der Waals surface area contributed by atoms with E-state index < -0.39 is 0 Å². The summed E-state index contributed by atoms with van der Waals surface area (Å²) >= 11 is 1.48. The second-order valence-electron chi connectivity index (χ2n) is 6.17. The molecule has 0 aliphatic heterocycles. The van der Waals surface area contributed by atoms with Crippen LogP contribution in [0, 0.1) is 12.7 Å². The maximum Gasteiger partial charge on any atom is 0.211 e. The molecule has 0 fully saturated rings. The molecule has 0 saturated heterocycles. The molecule has 0 aliphatic rings. The van der Waals surface area contributed by atoms with Crippen LogP contribution in [0.1, 0.15) is 11.3 Å². The molecule has 0 bridgehead atoms. The highest BCUT2D eigenvalue weighted by Gasteiger charge is 2.08. The molecule has 2 heterocycles. The van der Waals surface area contributed by atoms with Crippen LogP contribution in [-0.4, -0.2) is 15.9 Å². The van der Waals surface area contributed by atoms with Crippen LogP contribution >= 0.6 is 11.3 Å². The van der Waals surface area contributed by atoms with Crippen molar-refractivity contribution in [2.75, 3.05) is 0 Å². The molecule has 0 N–H and O–H groups in total. The van der Waals surface area contributed by atoms with E-state index in [1.165, 1.54) is 23.5 Å². The summed E-state index contributed by atoms with van der Waals surface area (Å²) in [6.45, 7) is 2.03. The van der Waals surface area contributed by atoms with Gasteiger partial charge in [-0.25, -0.2) is 14.1 Å². The van der Waals surface area contributed by atoms with Gasteiger partial charge >= 0.3 is 0 Å². The summed E-state index contributed by atoms with van der Waals surface area (Å²) in [4.78, 5) is 9.75. The molecular weight excluding hydrogens is 371 g/mol. The van der Waals surface area contributed by atoms with Gasteiger partial charge in [-0.05, 0) is 61.0 Å². The smallest absolute Gasteiger partial charge is 0.211 e. The number of aromatic nitrogens is 2. The molecule has 0 spiro atoms. The summed E-state index contributed by atoms with van der Waals surface area (Å²) in [7, 11) is 0. The van der Waals surface area contributed by atoms with Crippen LogP contribution < -0.4 is 4.80 Å². The number of benzene rings is 2. The standard InChI is InChI=1S/C22H17FN4S/c1-16-5-4-7-19(13-16)26-22-27(25-14-20-6-2-3-12-24-20)21(15-28-22)17-8-10-18(23)11-9-17/h2-15H,1H3/b25-14+,26-22?. The highest BCUT2D eigenvalue weighted by molar-refractivity contribution is 7.07. The number of rotatable bonds is 4. The first-order chi connectivity index (χ1) is 13.7. The van der Waals surface area contributed by atoms with Crippen molar-refractivity contribution in [2.24, 2.45) is 10.1 Å². The number of hydrogen-bond donors (Lipinski definition) is 0. The van der Waals surface area contributed by atoms with E-state index in [4.69, 9.17) is 4.99 Å². The molecule has 28 heavy (non-hydrogen) atoms. The third-order valence-electron chi connectivity index (χ3n) is 4.04. The first-order valence-electron chi connectivity index (χ1n) is 8.72. The van der Waals surface area contributed by atoms with E-state index in [2.05, 4.69) is 10.1 Å². The Kier molecular flexibility index (Phi) is 5.21. The Hall–Kier alpha value is -3.38. The average Bonchev–Trinajstić information content (AvgIpc) is 3.10. The van der Waals surface area contributed by atoms with Crippen molar-refractivity contribution in [2.45, 2.75) is 6.92 Å². The predicted octanol–water partition coefficient (Wildman–Crippen LogP) is 5.17. The molecular formula is C22H17FN4S. The summed E-state index contributed by atoms with van der Waals surface area (Å²) in [5, 5.41) is 6.58. The quantitative estimate of drug-likeness (QED) is 0.445. The highest BCUT2D eigenvalue weighted by atomic mass is 32.1. The molecule has 0 atom stereocenters. The molecule has 0 amide bonds. The average molecular weight is 388 g/mol. The van der Waals surface area contributed by atoms with E-state index in [1.807, 2.05) is 54.8 Å². The predicted molar refractivity (Wildman–Crippen MR) is 111 cm³/mol. The summed E-state index contributed by atoms with van der Waals surface area (Å²) in [5.74, 6) is -0.271. The Labute approximate surface area is 166 Å². The van der Waals surface area contributed by atoms with Crippen LogP contribution in [0.3, 0.4) is 0 Å². The number of pyridine rings is 1. The maximum absolute atomic E-state index is 13.3. The molecule has 4 nitrogen and oxygen atoms in total. The number of aryl methyl sites for hydroxylation is 1. The fourth-order valence-corrected chi connectivity index (χ4v) is 3.54. The Morgan fingerprint density at radius 1 is 1.04 bits per heavy atom. The Morgan fingerprint density at radius 2 is 1.89 bits per heavy atom. The van der Waals surface area contributed by atoms with Crippen molar-refractivity contribution >= 4 is 23.2 Å². The summed E-state index contributed by atoms with van der Waals surface area (Å²) in [6.07, 6.45) is 3.41. The van der Waals surface area contributed by atoms with E-state index in [0.29, 0.717) is 0 Å². The van der Waals surface area contributed by atoms with E-state index in [0.717, 1.165) is 33.0 Å². The number of hydrogen-bond acceptors (Lipinski definition) is 4. The lowest BCUT2D eigenvalue weighted by molar-refractivity contribution is 0.628. The third-order valence-corrected chi connectivity index (χ3v) is 4.86. The lowest BCUT2D eigenvalue weighted by Gasteiger charge is -2.04. The minimum absolute atomic E-state index is 0.271. The number of nitrogens with zero attached hydrogens (tertiary/aromatic N) is 4. The molecule has 0 aliphatic carbocycles. The van der Waals surface area contributed by atoms with Crippen LogP contribution in [0.2, 0.25) is 0 Å². The van der Waals surface area contributed by atoms with Gasteiger partial charge in [0.15, 0.2) is 0 Å². The summed E-state index contributed by atoms with van der Waals surface area (Å²) in [5.41, 5.74) is 4.44. The first kappa shape index (κ1) is 18.0. The maximum atomic E-state index is 13.3. The molecule has 138 valence electrons. The van der Waals surface area contributed by atoms with Gasteiger partial charge < -0.3 is 0 Å². The zero-order valence-electron chi connectivity index (χ0n) is 15.2. The van der Waals surface area contributed by atoms with Crippen LogP contribution in [0.15, 0.2) is 88.4 Å². The van der Waals surface area contributed by atoms with Crippen molar-refractivity contribution in [3.05, 3.63) is 100 Å². The van der Waals surface area contributed by atoms with Crippen molar-refractivity contribution in [1.82, 2.24) is 9.66 Å². The topological polar surface area (TPSA) is 42.5 Å². The lowest BCUT2D eigenvalue weighted by Crippen LogP contribution is -2.11. The monoisotopic (exact) mass is 388 g/mol. The van der Waals surface area contributed by atoms with Crippen LogP contribution in [-0.2, 0) is 0 Å². The summed E-state index contributed by atoms with van der Waals surface area (Å²) < 4.78 is 15.1.